The highest BCUT2D eigenvalue weighted by Crippen LogP contribution is 2.27. The number of amides is 1. The van der Waals surface area contributed by atoms with Gasteiger partial charge >= 0.3 is 5.97 Å². The fourth-order valence-electron chi connectivity index (χ4n) is 4.54. The summed E-state index contributed by atoms with van der Waals surface area (Å²) in [5, 5.41) is 0. The van der Waals surface area contributed by atoms with E-state index in [1.165, 1.54) is 13.2 Å². The number of ether oxygens (including phenoxy) is 3. The standard InChI is InChI=1S/C32H37N3O5/c1-23-17-24(6-12-31(36)38-4)19-29(18-23)35(32(37)26-13-15-39-16-14-26)21-27-7-5-25(20-33-27)22-40-30-10-8-28(9-11-30)34(2)3/h5-12,17-20,26H,13-16,21-22H2,1-4H3/b12-6+. The van der Waals surface area contributed by atoms with Gasteiger partial charge in [-0.15, -0.1) is 0 Å². The fraction of sp³-hybridized carbons (Fsp3) is 0.344. The average molecular weight is 544 g/mol. The van der Waals surface area contributed by atoms with E-state index in [0.717, 1.165) is 39.5 Å². The summed E-state index contributed by atoms with van der Waals surface area (Å²) in [5.41, 5.74) is 5.37. The maximum atomic E-state index is 13.8. The van der Waals surface area contributed by atoms with Gasteiger partial charge in [-0.05, 0) is 79.4 Å². The first-order chi connectivity index (χ1) is 19.3. The van der Waals surface area contributed by atoms with Crippen molar-refractivity contribution in [3.63, 3.8) is 0 Å². The topological polar surface area (TPSA) is 81.2 Å². The van der Waals surface area contributed by atoms with Gasteiger partial charge in [0.15, 0.2) is 0 Å². The summed E-state index contributed by atoms with van der Waals surface area (Å²) in [6, 6.07) is 17.7. The van der Waals surface area contributed by atoms with Crippen LogP contribution in [0.1, 0.15) is 35.2 Å². The van der Waals surface area contributed by atoms with E-state index in [0.29, 0.717) is 39.2 Å². The molecule has 40 heavy (non-hydrogen) atoms. The first-order valence-corrected chi connectivity index (χ1v) is 13.4. The van der Waals surface area contributed by atoms with E-state index in [-0.39, 0.29) is 11.8 Å². The van der Waals surface area contributed by atoms with Crippen LogP contribution >= 0.6 is 0 Å². The molecule has 3 aromatic rings. The lowest BCUT2D eigenvalue weighted by atomic mass is 9.97. The third kappa shape index (κ3) is 7.93. The summed E-state index contributed by atoms with van der Waals surface area (Å²) < 4.78 is 16.1. The number of hydrogen-bond donors (Lipinski definition) is 0. The predicted molar refractivity (Wildman–Crippen MR) is 156 cm³/mol. The fourth-order valence-corrected chi connectivity index (χ4v) is 4.54. The molecule has 1 aliphatic rings. The Balaban J connectivity index is 1.51. The molecule has 0 bridgehead atoms. The van der Waals surface area contributed by atoms with Gasteiger partial charge in [0.05, 0.1) is 19.3 Å². The Hall–Kier alpha value is -4.17. The smallest absolute Gasteiger partial charge is 0.330 e. The van der Waals surface area contributed by atoms with E-state index in [1.54, 1.807) is 17.2 Å². The summed E-state index contributed by atoms with van der Waals surface area (Å²) in [5.74, 6) is 0.290. The number of hydrogen-bond acceptors (Lipinski definition) is 7. The van der Waals surface area contributed by atoms with Crippen LogP contribution in [0, 0.1) is 12.8 Å². The second-order valence-corrected chi connectivity index (χ2v) is 10.1. The second-order valence-electron chi connectivity index (χ2n) is 10.1. The van der Waals surface area contributed by atoms with Crippen molar-refractivity contribution in [3.8, 4) is 5.75 Å². The van der Waals surface area contributed by atoms with Gasteiger partial charge in [-0.2, -0.15) is 0 Å². The number of aryl methyl sites for hydroxylation is 1. The number of anilines is 2. The zero-order chi connectivity index (χ0) is 28.5. The van der Waals surface area contributed by atoms with Crippen molar-refractivity contribution < 1.29 is 23.8 Å². The normalized spacial score (nSPS) is 13.7. The molecule has 2 heterocycles. The summed E-state index contributed by atoms with van der Waals surface area (Å²) in [6.45, 7) is 3.85. The van der Waals surface area contributed by atoms with Gasteiger partial charge in [-0.25, -0.2) is 4.79 Å². The molecule has 0 N–H and O–H groups in total. The number of pyridine rings is 1. The van der Waals surface area contributed by atoms with Crippen LogP contribution in [0.3, 0.4) is 0 Å². The van der Waals surface area contributed by atoms with Crippen LogP contribution in [0.4, 0.5) is 11.4 Å². The molecule has 1 amide bonds. The molecule has 1 aromatic heterocycles. The molecule has 2 aromatic carbocycles. The number of aromatic nitrogens is 1. The molecule has 8 heteroatoms. The molecule has 0 unspecified atom stereocenters. The van der Waals surface area contributed by atoms with E-state index in [4.69, 9.17) is 14.2 Å². The van der Waals surface area contributed by atoms with Crippen LogP contribution in [0.15, 0.2) is 66.9 Å². The lowest BCUT2D eigenvalue weighted by Gasteiger charge is -2.30. The highest BCUT2D eigenvalue weighted by molar-refractivity contribution is 5.95. The number of rotatable bonds is 10. The predicted octanol–water partition coefficient (Wildman–Crippen LogP) is 5.18. The number of carbonyl (C=O) groups excluding carboxylic acids is 2. The Labute approximate surface area is 236 Å². The molecule has 4 rings (SSSR count). The molecule has 210 valence electrons. The Morgan fingerprint density at radius 2 is 1.77 bits per heavy atom. The number of carbonyl (C=O) groups is 2. The lowest BCUT2D eigenvalue weighted by molar-refractivity contribution is -0.134. The van der Waals surface area contributed by atoms with Crippen LogP contribution in [-0.4, -0.2) is 51.3 Å². The summed E-state index contributed by atoms with van der Waals surface area (Å²) in [7, 11) is 5.35. The number of esters is 1. The number of methoxy groups -OCH3 is 1. The Kier molecular flexibility index (Phi) is 9.91. The van der Waals surface area contributed by atoms with Gasteiger partial charge in [-0.1, -0.05) is 12.1 Å². The average Bonchev–Trinajstić information content (AvgIpc) is 2.98. The van der Waals surface area contributed by atoms with Crippen LogP contribution in [0.2, 0.25) is 0 Å². The molecular formula is C32H37N3O5. The van der Waals surface area contributed by atoms with Gasteiger partial charge in [0, 0.05) is 62.4 Å². The monoisotopic (exact) mass is 543 g/mol. The van der Waals surface area contributed by atoms with Crippen molar-refractivity contribution >= 4 is 29.3 Å². The molecule has 1 aliphatic heterocycles. The van der Waals surface area contributed by atoms with Crippen molar-refractivity contribution in [1.29, 1.82) is 0 Å². The molecule has 0 atom stereocenters. The van der Waals surface area contributed by atoms with Gasteiger partial charge in [0.25, 0.3) is 0 Å². The Bertz CT molecular complexity index is 1310. The lowest BCUT2D eigenvalue weighted by Crippen LogP contribution is -2.38. The van der Waals surface area contributed by atoms with E-state index < -0.39 is 5.97 Å². The van der Waals surface area contributed by atoms with Crippen molar-refractivity contribution in [3.05, 3.63) is 89.3 Å². The summed E-state index contributed by atoms with van der Waals surface area (Å²) in [4.78, 5) is 33.9. The molecule has 0 aliphatic carbocycles. The van der Waals surface area contributed by atoms with Crippen molar-refractivity contribution in [2.45, 2.75) is 32.9 Å². The minimum absolute atomic E-state index is 0.0483. The highest BCUT2D eigenvalue weighted by Gasteiger charge is 2.28. The SMILES string of the molecule is COC(=O)/C=C/c1cc(C)cc(N(Cc2ccc(COc3ccc(N(C)C)cc3)cn2)C(=O)C2CCOCC2)c1. The largest absolute Gasteiger partial charge is 0.489 e. The van der Waals surface area contributed by atoms with E-state index in [1.807, 2.05) is 80.5 Å². The van der Waals surface area contributed by atoms with Gasteiger partial charge in [0.1, 0.15) is 12.4 Å². The van der Waals surface area contributed by atoms with Crippen molar-refractivity contribution in [2.75, 3.05) is 44.2 Å². The second kappa shape index (κ2) is 13.8. The van der Waals surface area contributed by atoms with Crippen LogP contribution in [0.5, 0.6) is 5.75 Å². The van der Waals surface area contributed by atoms with Crippen LogP contribution < -0.4 is 14.5 Å². The number of benzene rings is 2. The Morgan fingerprint density at radius 1 is 1.02 bits per heavy atom. The quantitative estimate of drug-likeness (QED) is 0.257. The molecule has 0 spiro atoms. The van der Waals surface area contributed by atoms with Crippen molar-refractivity contribution in [2.24, 2.45) is 5.92 Å². The first kappa shape index (κ1) is 28.8. The molecule has 1 fully saturated rings. The van der Waals surface area contributed by atoms with Gasteiger partial charge < -0.3 is 24.0 Å². The summed E-state index contributed by atoms with van der Waals surface area (Å²) >= 11 is 0. The van der Waals surface area contributed by atoms with E-state index >= 15 is 0 Å². The zero-order valence-corrected chi connectivity index (χ0v) is 23.6. The molecule has 0 saturated carbocycles. The first-order valence-electron chi connectivity index (χ1n) is 13.4. The zero-order valence-electron chi connectivity index (χ0n) is 23.6. The molecular weight excluding hydrogens is 506 g/mol. The van der Waals surface area contributed by atoms with Gasteiger partial charge in [-0.3, -0.25) is 9.78 Å². The van der Waals surface area contributed by atoms with Crippen LogP contribution in [-0.2, 0) is 32.2 Å². The maximum Gasteiger partial charge on any atom is 0.330 e. The molecule has 8 nitrogen and oxygen atoms in total. The van der Waals surface area contributed by atoms with E-state index in [9.17, 15) is 9.59 Å². The van der Waals surface area contributed by atoms with Crippen molar-refractivity contribution in [1.82, 2.24) is 4.98 Å². The molecule has 0 radical (unpaired) electrons. The number of nitrogens with zero attached hydrogens (tertiary/aromatic N) is 3. The highest BCUT2D eigenvalue weighted by atomic mass is 16.5. The Morgan fingerprint density at radius 3 is 2.42 bits per heavy atom. The summed E-state index contributed by atoms with van der Waals surface area (Å²) in [6.07, 6.45) is 6.25. The maximum absolute atomic E-state index is 13.8. The minimum atomic E-state index is -0.433. The minimum Gasteiger partial charge on any atom is -0.489 e. The van der Waals surface area contributed by atoms with Gasteiger partial charge in [0.2, 0.25) is 5.91 Å². The third-order valence-corrected chi connectivity index (χ3v) is 6.81. The molecule has 1 saturated heterocycles. The van der Waals surface area contributed by atoms with Crippen LogP contribution in [0.25, 0.3) is 6.08 Å². The van der Waals surface area contributed by atoms with E-state index in [2.05, 4.69) is 4.98 Å². The third-order valence-electron chi connectivity index (χ3n) is 6.81.